The second-order valence-corrected chi connectivity index (χ2v) is 4.69. The van der Waals surface area contributed by atoms with Crippen LogP contribution in [-0.2, 0) is 0 Å². The zero-order chi connectivity index (χ0) is 15.1. The molecule has 1 aromatic rings. The van der Waals surface area contributed by atoms with E-state index in [4.69, 9.17) is 0 Å². The molecule has 4 nitrogen and oxygen atoms in total. The Kier molecular flexibility index (Phi) is 5.72. The number of nitrogens with one attached hydrogen (secondary N) is 2. The van der Waals surface area contributed by atoms with Gasteiger partial charge in [-0.1, -0.05) is 18.7 Å². The first-order valence-electron chi connectivity index (χ1n) is 6.41. The molecule has 0 saturated carbocycles. The summed E-state index contributed by atoms with van der Waals surface area (Å²) in [5.41, 5.74) is 3.76. The first-order valence-corrected chi connectivity index (χ1v) is 6.41. The summed E-state index contributed by atoms with van der Waals surface area (Å²) in [7, 11) is 0. The summed E-state index contributed by atoms with van der Waals surface area (Å²) in [6.45, 7) is 15.0. The zero-order valence-corrected chi connectivity index (χ0v) is 12.6. The fourth-order valence-electron chi connectivity index (χ4n) is 1.71. The molecule has 0 aliphatic carbocycles. The summed E-state index contributed by atoms with van der Waals surface area (Å²) in [4.78, 5) is 8.40. The van der Waals surface area contributed by atoms with Crippen LogP contribution >= 0.6 is 0 Å². The average Bonchev–Trinajstić information content (AvgIpc) is 2.35. The van der Waals surface area contributed by atoms with E-state index in [2.05, 4.69) is 53.0 Å². The SMILES string of the molecule is C=N/C(NC(=C)C)=C(C)\N=C(/C)Nc1cccc(C)c1. The molecular formula is C16H22N4. The van der Waals surface area contributed by atoms with Crippen LogP contribution in [0.3, 0.4) is 0 Å². The van der Waals surface area contributed by atoms with E-state index in [1.165, 1.54) is 5.56 Å². The number of allylic oxidation sites excluding steroid dienone is 2. The van der Waals surface area contributed by atoms with E-state index in [9.17, 15) is 0 Å². The van der Waals surface area contributed by atoms with Crippen LogP contribution in [-0.4, -0.2) is 12.6 Å². The van der Waals surface area contributed by atoms with Crippen LogP contribution in [0.2, 0.25) is 0 Å². The van der Waals surface area contributed by atoms with Gasteiger partial charge in [-0.25, -0.2) is 9.98 Å². The number of hydrogen-bond donors (Lipinski definition) is 2. The number of anilines is 1. The first-order chi connectivity index (χ1) is 9.42. The number of rotatable bonds is 5. The molecule has 0 spiro atoms. The third kappa shape index (κ3) is 5.10. The maximum atomic E-state index is 4.47. The zero-order valence-electron chi connectivity index (χ0n) is 12.6. The maximum Gasteiger partial charge on any atom is 0.150 e. The van der Waals surface area contributed by atoms with Gasteiger partial charge in [-0.2, -0.15) is 0 Å². The molecule has 0 radical (unpaired) electrons. The van der Waals surface area contributed by atoms with Gasteiger partial charge < -0.3 is 10.6 Å². The van der Waals surface area contributed by atoms with Crippen LogP contribution in [0.15, 0.2) is 58.0 Å². The van der Waals surface area contributed by atoms with E-state index < -0.39 is 0 Å². The number of benzene rings is 1. The summed E-state index contributed by atoms with van der Waals surface area (Å²) in [6.07, 6.45) is 0. The predicted molar refractivity (Wildman–Crippen MR) is 88.1 cm³/mol. The number of hydrogen-bond acceptors (Lipinski definition) is 3. The Labute approximate surface area is 121 Å². The number of nitrogens with zero attached hydrogens (tertiary/aromatic N) is 2. The molecule has 0 atom stereocenters. The smallest absolute Gasteiger partial charge is 0.150 e. The van der Waals surface area contributed by atoms with Crippen LogP contribution in [0.4, 0.5) is 5.69 Å². The Hall–Kier alpha value is -2.36. The standard InChI is InChI=1S/C16H22N4/c1-11(2)18-16(17-6)13(4)19-14(5)20-15-9-7-8-12(3)10-15/h7-10,18H,1,6H2,2-5H3,(H,19,20)/b16-13+. The van der Waals surface area contributed by atoms with Gasteiger partial charge in [0.15, 0.2) is 5.82 Å². The molecule has 20 heavy (non-hydrogen) atoms. The summed E-state index contributed by atoms with van der Waals surface area (Å²) < 4.78 is 0. The molecule has 0 amide bonds. The van der Waals surface area contributed by atoms with Gasteiger partial charge >= 0.3 is 0 Å². The molecule has 0 heterocycles. The van der Waals surface area contributed by atoms with Crippen molar-refractivity contribution in [2.45, 2.75) is 27.7 Å². The summed E-state index contributed by atoms with van der Waals surface area (Å²) >= 11 is 0. The number of amidine groups is 1. The molecule has 2 N–H and O–H groups in total. The van der Waals surface area contributed by atoms with Crippen molar-refractivity contribution in [2.24, 2.45) is 9.98 Å². The highest BCUT2D eigenvalue weighted by molar-refractivity contribution is 5.94. The van der Waals surface area contributed by atoms with Crippen LogP contribution in [0.1, 0.15) is 26.3 Å². The minimum atomic E-state index is 0.614. The van der Waals surface area contributed by atoms with Crippen molar-refractivity contribution in [2.75, 3.05) is 5.32 Å². The lowest BCUT2D eigenvalue weighted by atomic mass is 10.2. The van der Waals surface area contributed by atoms with Crippen molar-refractivity contribution in [3.8, 4) is 0 Å². The Balaban J connectivity index is 2.89. The highest BCUT2D eigenvalue weighted by Crippen LogP contribution is 2.11. The molecule has 0 aliphatic rings. The quantitative estimate of drug-likeness (QED) is 0.631. The van der Waals surface area contributed by atoms with Gasteiger partial charge in [0.05, 0.1) is 5.70 Å². The second kappa shape index (κ2) is 7.28. The number of aryl methyl sites for hydroxylation is 1. The van der Waals surface area contributed by atoms with Gasteiger partial charge in [-0.15, -0.1) is 0 Å². The summed E-state index contributed by atoms with van der Waals surface area (Å²) in [5.74, 6) is 1.40. The van der Waals surface area contributed by atoms with E-state index >= 15 is 0 Å². The molecule has 4 heteroatoms. The molecule has 1 aromatic carbocycles. The monoisotopic (exact) mass is 270 g/mol. The van der Waals surface area contributed by atoms with Gasteiger partial charge in [0.25, 0.3) is 0 Å². The molecule has 0 saturated heterocycles. The third-order valence-electron chi connectivity index (χ3n) is 2.51. The fraction of sp³-hybridized carbons (Fsp3) is 0.250. The molecule has 0 bridgehead atoms. The van der Waals surface area contributed by atoms with Crippen molar-refractivity contribution in [3.05, 3.63) is 53.6 Å². The highest BCUT2D eigenvalue weighted by atomic mass is 15.1. The van der Waals surface area contributed by atoms with Crippen molar-refractivity contribution < 1.29 is 0 Å². The normalized spacial score (nSPS) is 12.5. The minimum Gasteiger partial charge on any atom is -0.344 e. The second-order valence-electron chi connectivity index (χ2n) is 4.69. The van der Waals surface area contributed by atoms with Crippen LogP contribution in [0.5, 0.6) is 0 Å². The van der Waals surface area contributed by atoms with Gasteiger partial charge in [-0.05, 0) is 52.1 Å². The van der Waals surface area contributed by atoms with Crippen LogP contribution in [0.25, 0.3) is 0 Å². The van der Waals surface area contributed by atoms with Crippen molar-refractivity contribution in [1.29, 1.82) is 0 Å². The highest BCUT2D eigenvalue weighted by Gasteiger charge is 2.00. The lowest BCUT2D eigenvalue weighted by Crippen LogP contribution is -2.12. The maximum absolute atomic E-state index is 4.47. The fourth-order valence-corrected chi connectivity index (χ4v) is 1.71. The third-order valence-corrected chi connectivity index (χ3v) is 2.51. The molecular weight excluding hydrogens is 248 g/mol. The largest absolute Gasteiger partial charge is 0.344 e. The van der Waals surface area contributed by atoms with Crippen LogP contribution in [0, 0.1) is 6.92 Å². The average molecular weight is 270 g/mol. The van der Waals surface area contributed by atoms with Crippen molar-refractivity contribution in [3.63, 3.8) is 0 Å². The Bertz CT molecular complexity index is 568. The molecule has 0 aliphatic heterocycles. The minimum absolute atomic E-state index is 0.614. The van der Waals surface area contributed by atoms with Gasteiger partial charge in [0.2, 0.25) is 0 Å². The van der Waals surface area contributed by atoms with Gasteiger partial charge in [0.1, 0.15) is 5.84 Å². The molecule has 1 rings (SSSR count). The Morgan fingerprint density at radius 2 is 1.90 bits per heavy atom. The van der Waals surface area contributed by atoms with E-state index in [1.807, 2.05) is 32.9 Å². The predicted octanol–water partition coefficient (Wildman–Crippen LogP) is 3.84. The van der Waals surface area contributed by atoms with Gasteiger partial charge in [-0.3, -0.25) is 0 Å². The molecule has 106 valence electrons. The van der Waals surface area contributed by atoms with Crippen molar-refractivity contribution >= 4 is 18.2 Å². The summed E-state index contributed by atoms with van der Waals surface area (Å²) in [5, 5.41) is 6.28. The summed E-state index contributed by atoms with van der Waals surface area (Å²) in [6, 6.07) is 8.13. The topological polar surface area (TPSA) is 48.8 Å². The van der Waals surface area contributed by atoms with E-state index in [-0.39, 0.29) is 0 Å². The molecule has 0 unspecified atom stereocenters. The van der Waals surface area contributed by atoms with Crippen LogP contribution < -0.4 is 10.6 Å². The van der Waals surface area contributed by atoms with Gasteiger partial charge in [0, 0.05) is 11.4 Å². The molecule has 0 aromatic heterocycles. The lowest BCUT2D eigenvalue weighted by molar-refractivity contribution is 0.922. The van der Waals surface area contributed by atoms with E-state index in [0.29, 0.717) is 5.82 Å². The van der Waals surface area contributed by atoms with E-state index in [0.717, 1.165) is 22.9 Å². The first kappa shape index (κ1) is 15.7. The molecule has 0 fully saturated rings. The number of aliphatic imine (C=N–C) groups is 2. The Morgan fingerprint density at radius 3 is 2.45 bits per heavy atom. The lowest BCUT2D eigenvalue weighted by Gasteiger charge is -2.09. The van der Waals surface area contributed by atoms with E-state index in [1.54, 1.807) is 0 Å². The van der Waals surface area contributed by atoms with Crippen molar-refractivity contribution in [1.82, 2.24) is 5.32 Å². The Morgan fingerprint density at radius 1 is 1.20 bits per heavy atom.